The number of carbonyl (C=O) groups excluding carboxylic acids is 1. The molecule has 0 aromatic heterocycles. The largest absolute Gasteiger partial charge is 0.489 e. The maximum atomic E-state index is 12.7. The highest BCUT2D eigenvalue weighted by Crippen LogP contribution is 2.26. The van der Waals surface area contributed by atoms with Crippen LogP contribution in [0.2, 0.25) is 0 Å². The second-order valence-electron chi connectivity index (χ2n) is 7.30. The summed E-state index contributed by atoms with van der Waals surface area (Å²) in [5, 5.41) is 9.82. The minimum Gasteiger partial charge on any atom is -0.489 e. The van der Waals surface area contributed by atoms with Crippen LogP contribution < -0.4 is 4.74 Å². The highest BCUT2D eigenvalue weighted by molar-refractivity contribution is 5.78. The van der Waals surface area contributed by atoms with Crippen LogP contribution in [-0.2, 0) is 11.3 Å². The van der Waals surface area contributed by atoms with Crippen molar-refractivity contribution < 1.29 is 14.6 Å². The molecular weight excluding hydrogens is 316 g/mol. The molecule has 5 nitrogen and oxygen atoms in total. The van der Waals surface area contributed by atoms with E-state index >= 15 is 0 Å². The maximum Gasteiger partial charge on any atom is 0.236 e. The summed E-state index contributed by atoms with van der Waals surface area (Å²) in [7, 11) is 0. The van der Waals surface area contributed by atoms with Crippen molar-refractivity contribution in [2.24, 2.45) is 0 Å². The molecule has 0 saturated carbocycles. The van der Waals surface area contributed by atoms with Crippen molar-refractivity contribution in [2.45, 2.75) is 57.8 Å². The predicted molar refractivity (Wildman–Crippen MR) is 97.5 cm³/mol. The number of rotatable bonds is 5. The molecule has 3 rings (SSSR count). The van der Waals surface area contributed by atoms with E-state index in [1.807, 2.05) is 23.1 Å². The first-order valence-corrected chi connectivity index (χ1v) is 9.58. The normalized spacial score (nSPS) is 24.3. The number of aliphatic hydroxyl groups excluding tert-OH is 1. The number of hydrogen-bond donors (Lipinski definition) is 1. The van der Waals surface area contributed by atoms with Crippen LogP contribution in [-0.4, -0.2) is 59.2 Å². The molecule has 0 spiro atoms. The zero-order valence-electron chi connectivity index (χ0n) is 15.2. The summed E-state index contributed by atoms with van der Waals surface area (Å²) in [6, 6.07) is 8.14. The summed E-state index contributed by atoms with van der Waals surface area (Å²) in [5.41, 5.74) is 1.15. The van der Waals surface area contributed by atoms with E-state index in [1.165, 1.54) is 0 Å². The number of aliphatic hydroxyl groups is 1. The molecule has 2 heterocycles. The van der Waals surface area contributed by atoms with Crippen LogP contribution in [0.3, 0.4) is 0 Å². The molecule has 2 aliphatic heterocycles. The molecule has 1 aromatic carbocycles. The van der Waals surface area contributed by atoms with E-state index in [4.69, 9.17) is 4.74 Å². The number of hydrogen-bond acceptors (Lipinski definition) is 4. The van der Waals surface area contributed by atoms with E-state index in [9.17, 15) is 9.90 Å². The van der Waals surface area contributed by atoms with Crippen LogP contribution in [0.15, 0.2) is 24.3 Å². The van der Waals surface area contributed by atoms with Crippen LogP contribution >= 0.6 is 0 Å². The minimum atomic E-state index is -0.372. The number of nitrogens with zero attached hydrogens (tertiary/aromatic N) is 2. The molecule has 138 valence electrons. The van der Waals surface area contributed by atoms with Crippen molar-refractivity contribution in [1.82, 2.24) is 9.80 Å². The second kappa shape index (κ2) is 8.68. The lowest BCUT2D eigenvalue weighted by atomic mass is 10.1. The van der Waals surface area contributed by atoms with Gasteiger partial charge in [0, 0.05) is 31.7 Å². The number of likely N-dealkylation sites (tertiary alicyclic amines) is 1. The minimum absolute atomic E-state index is 0.118. The van der Waals surface area contributed by atoms with Gasteiger partial charge in [-0.2, -0.15) is 0 Å². The summed E-state index contributed by atoms with van der Waals surface area (Å²) in [5.74, 6) is 1.07. The number of benzene rings is 1. The summed E-state index contributed by atoms with van der Waals surface area (Å²) in [6.45, 7) is 5.33. The Morgan fingerprint density at radius 3 is 2.96 bits per heavy atom. The lowest BCUT2D eigenvalue weighted by Crippen LogP contribution is -2.47. The number of unbranched alkanes of at least 4 members (excludes halogenated alkanes) is 1. The Balaban J connectivity index is 1.67. The van der Waals surface area contributed by atoms with Gasteiger partial charge in [-0.3, -0.25) is 9.69 Å². The highest BCUT2D eigenvalue weighted by Gasteiger charge is 2.27. The molecule has 0 bridgehead atoms. The molecule has 1 N–H and O–H groups in total. The third kappa shape index (κ3) is 4.95. The molecule has 1 amide bonds. The number of β-amino-alcohol motifs (C(OH)–C–C–N with tert-alkyl or cyclic N) is 1. The van der Waals surface area contributed by atoms with Crippen molar-refractivity contribution in [3.63, 3.8) is 0 Å². The number of fused-ring (bicyclic) bond motifs is 1. The molecule has 2 atom stereocenters. The van der Waals surface area contributed by atoms with Gasteiger partial charge in [0.2, 0.25) is 5.91 Å². The molecular formula is C20H30N2O3. The average Bonchev–Trinajstić information content (AvgIpc) is 2.78. The topological polar surface area (TPSA) is 53.0 Å². The molecule has 1 aromatic rings. The van der Waals surface area contributed by atoms with E-state index < -0.39 is 0 Å². The number of piperidine rings is 1. The first-order chi connectivity index (χ1) is 12.2. The lowest BCUT2D eigenvalue weighted by Gasteiger charge is -2.32. The Morgan fingerprint density at radius 1 is 1.32 bits per heavy atom. The lowest BCUT2D eigenvalue weighted by molar-refractivity contribution is -0.135. The Morgan fingerprint density at radius 2 is 2.16 bits per heavy atom. The van der Waals surface area contributed by atoms with Gasteiger partial charge in [-0.15, -0.1) is 0 Å². The summed E-state index contributed by atoms with van der Waals surface area (Å²) < 4.78 is 6.23. The van der Waals surface area contributed by atoms with Crippen molar-refractivity contribution in [1.29, 1.82) is 0 Å². The molecule has 0 aliphatic carbocycles. The smallest absolute Gasteiger partial charge is 0.236 e. The van der Waals surface area contributed by atoms with Gasteiger partial charge in [-0.1, -0.05) is 31.5 Å². The average molecular weight is 346 g/mol. The Bertz CT molecular complexity index is 578. The van der Waals surface area contributed by atoms with Crippen molar-refractivity contribution in [3.05, 3.63) is 29.8 Å². The van der Waals surface area contributed by atoms with Gasteiger partial charge in [0.05, 0.1) is 12.6 Å². The summed E-state index contributed by atoms with van der Waals surface area (Å²) in [6.07, 6.45) is 4.73. The molecule has 5 heteroatoms. The molecule has 0 unspecified atom stereocenters. The number of carbonyl (C=O) groups is 1. The molecule has 0 radical (unpaired) electrons. The number of ether oxygens (including phenoxy) is 1. The van der Waals surface area contributed by atoms with Crippen LogP contribution in [0.1, 0.15) is 44.6 Å². The van der Waals surface area contributed by atoms with Crippen LogP contribution in [0.4, 0.5) is 0 Å². The SMILES string of the molecule is CCCC[C@@H]1CN(CC(=O)N2CCC[C@@H](O)C2)Cc2ccccc2O1. The molecule has 1 fully saturated rings. The van der Waals surface area contributed by atoms with Gasteiger partial charge in [-0.05, 0) is 31.7 Å². The monoisotopic (exact) mass is 346 g/mol. The first-order valence-electron chi connectivity index (χ1n) is 9.58. The molecule has 2 aliphatic rings. The maximum absolute atomic E-state index is 12.7. The van der Waals surface area contributed by atoms with E-state index in [1.54, 1.807) is 0 Å². The highest BCUT2D eigenvalue weighted by atomic mass is 16.5. The van der Waals surface area contributed by atoms with Crippen LogP contribution in [0, 0.1) is 0 Å². The van der Waals surface area contributed by atoms with Gasteiger partial charge in [-0.25, -0.2) is 0 Å². The fourth-order valence-corrected chi connectivity index (χ4v) is 3.73. The van der Waals surface area contributed by atoms with Gasteiger partial charge >= 0.3 is 0 Å². The number of amides is 1. The Kier molecular flexibility index (Phi) is 6.32. The second-order valence-corrected chi connectivity index (χ2v) is 7.30. The van der Waals surface area contributed by atoms with E-state index in [2.05, 4.69) is 17.9 Å². The molecule has 25 heavy (non-hydrogen) atoms. The van der Waals surface area contributed by atoms with Crippen molar-refractivity contribution in [3.8, 4) is 5.75 Å². The Labute approximate surface area is 150 Å². The van der Waals surface area contributed by atoms with Crippen LogP contribution in [0.25, 0.3) is 0 Å². The quantitative estimate of drug-likeness (QED) is 0.890. The standard InChI is InChI=1S/C20H30N2O3/c1-2-3-9-18-14-21(12-16-7-4-5-10-19(16)25-18)15-20(24)22-11-6-8-17(23)13-22/h4-5,7,10,17-18,23H,2-3,6,8-9,11-15H2,1H3/t17-,18-/m1/s1. The third-order valence-electron chi connectivity index (χ3n) is 5.11. The summed E-state index contributed by atoms with van der Waals surface area (Å²) in [4.78, 5) is 16.7. The zero-order valence-corrected chi connectivity index (χ0v) is 15.2. The third-order valence-corrected chi connectivity index (χ3v) is 5.11. The predicted octanol–water partition coefficient (Wildman–Crippen LogP) is 2.42. The van der Waals surface area contributed by atoms with E-state index in [0.29, 0.717) is 13.1 Å². The fraction of sp³-hybridized carbons (Fsp3) is 0.650. The van der Waals surface area contributed by atoms with Crippen LogP contribution in [0.5, 0.6) is 5.75 Å². The van der Waals surface area contributed by atoms with Gasteiger partial charge in [0.1, 0.15) is 11.9 Å². The Hall–Kier alpha value is -1.59. The zero-order chi connectivity index (χ0) is 17.6. The number of para-hydroxylation sites is 1. The van der Waals surface area contributed by atoms with E-state index in [-0.39, 0.29) is 18.1 Å². The molecule has 1 saturated heterocycles. The van der Waals surface area contributed by atoms with Gasteiger partial charge in [0.25, 0.3) is 0 Å². The first kappa shape index (κ1) is 18.2. The van der Waals surface area contributed by atoms with E-state index in [0.717, 1.165) is 63.1 Å². The van der Waals surface area contributed by atoms with Crippen molar-refractivity contribution >= 4 is 5.91 Å². The fourth-order valence-electron chi connectivity index (χ4n) is 3.73. The van der Waals surface area contributed by atoms with Crippen molar-refractivity contribution in [2.75, 3.05) is 26.2 Å². The van der Waals surface area contributed by atoms with Gasteiger partial charge in [0.15, 0.2) is 0 Å². The summed E-state index contributed by atoms with van der Waals surface area (Å²) >= 11 is 0. The van der Waals surface area contributed by atoms with Gasteiger partial charge < -0.3 is 14.7 Å².